The molecule has 1 aliphatic carbocycles. The van der Waals surface area contributed by atoms with Gasteiger partial charge in [-0.1, -0.05) is 0 Å². The maximum absolute atomic E-state index is 6.05. The fourth-order valence-electron chi connectivity index (χ4n) is 3.98. The maximum atomic E-state index is 6.05. The standard InChI is InChI=1S/C23H28N6O2/c1-15-9-16(10-17-13-28(2)6-5-20(15)17)21-12-25-22(24)23(27-21)31-19-11-26-29(14-19)7-8-30-18-3-4-18/h9-12,14,18H,3-8,13H2,1-2H3,(H2,24,25). The number of fused-ring (bicyclic) bond motifs is 1. The van der Waals surface area contributed by atoms with Gasteiger partial charge in [0.05, 0.1) is 43.5 Å². The normalized spacial score (nSPS) is 16.3. The minimum atomic E-state index is 0.253. The summed E-state index contributed by atoms with van der Waals surface area (Å²) in [5.41, 5.74) is 11.9. The summed E-state index contributed by atoms with van der Waals surface area (Å²) in [5.74, 6) is 1.12. The summed E-state index contributed by atoms with van der Waals surface area (Å²) < 4.78 is 13.4. The highest BCUT2D eigenvalue weighted by Gasteiger charge is 2.21. The fourth-order valence-corrected chi connectivity index (χ4v) is 3.98. The summed E-state index contributed by atoms with van der Waals surface area (Å²) in [5, 5.41) is 4.32. The van der Waals surface area contributed by atoms with Gasteiger partial charge in [0, 0.05) is 18.7 Å². The zero-order chi connectivity index (χ0) is 21.4. The van der Waals surface area contributed by atoms with E-state index in [1.54, 1.807) is 17.1 Å². The summed E-state index contributed by atoms with van der Waals surface area (Å²) in [4.78, 5) is 11.3. The Balaban J connectivity index is 1.34. The van der Waals surface area contributed by atoms with Gasteiger partial charge in [-0.05, 0) is 62.1 Å². The van der Waals surface area contributed by atoms with Crippen molar-refractivity contribution in [3.63, 3.8) is 0 Å². The van der Waals surface area contributed by atoms with E-state index in [1.807, 2.05) is 6.20 Å². The first kappa shape index (κ1) is 20.0. The van der Waals surface area contributed by atoms with Crippen LogP contribution in [0.1, 0.15) is 29.5 Å². The van der Waals surface area contributed by atoms with Crippen LogP contribution >= 0.6 is 0 Å². The van der Waals surface area contributed by atoms with E-state index in [0.29, 0.717) is 30.9 Å². The number of hydrogen-bond acceptors (Lipinski definition) is 7. The number of hydrogen-bond donors (Lipinski definition) is 1. The number of nitrogen functional groups attached to an aromatic ring is 1. The first-order valence-electron chi connectivity index (χ1n) is 10.8. The quantitative estimate of drug-likeness (QED) is 0.628. The molecule has 162 valence electrons. The number of aromatic nitrogens is 4. The predicted octanol–water partition coefficient (Wildman–Crippen LogP) is 3.19. The van der Waals surface area contributed by atoms with Crippen molar-refractivity contribution < 1.29 is 9.47 Å². The number of aryl methyl sites for hydroxylation is 1. The molecule has 1 aromatic carbocycles. The molecule has 0 amide bonds. The Labute approximate surface area is 182 Å². The van der Waals surface area contributed by atoms with E-state index < -0.39 is 0 Å². The molecule has 2 aliphatic rings. The number of rotatable bonds is 7. The van der Waals surface area contributed by atoms with Crippen molar-refractivity contribution in [2.24, 2.45) is 0 Å². The first-order chi connectivity index (χ1) is 15.0. The molecule has 3 heterocycles. The molecular formula is C23H28N6O2. The summed E-state index contributed by atoms with van der Waals surface area (Å²) in [6, 6.07) is 4.38. The summed E-state index contributed by atoms with van der Waals surface area (Å²) >= 11 is 0. The number of nitrogens with two attached hydrogens (primary N) is 1. The van der Waals surface area contributed by atoms with E-state index in [0.717, 1.165) is 30.8 Å². The van der Waals surface area contributed by atoms with Crippen molar-refractivity contribution >= 4 is 5.82 Å². The molecule has 1 fully saturated rings. The maximum Gasteiger partial charge on any atom is 0.263 e. The molecule has 8 nitrogen and oxygen atoms in total. The summed E-state index contributed by atoms with van der Waals surface area (Å²) in [7, 11) is 2.15. The Morgan fingerprint density at radius 3 is 2.94 bits per heavy atom. The van der Waals surface area contributed by atoms with Crippen LogP contribution in [-0.4, -0.2) is 51.0 Å². The zero-order valence-corrected chi connectivity index (χ0v) is 18.0. The van der Waals surface area contributed by atoms with Crippen LogP contribution < -0.4 is 10.5 Å². The van der Waals surface area contributed by atoms with Crippen molar-refractivity contribution in [1.29, 1.82) is 0 Å². The number of benzene rings is 1. The number of anilines is 1. The molecule has 0 spiro atoms. The molecule has 5 rings (SSSR count). The van der Waals surface area contributed by atoms with Crippen molar-refractivity contribution in [1.82, 2.24) is 24.6 Å². The Morgan fingerprint density at radius 2 is 2.10 bits per heavy atom. The Kier molecular flexibility index (Phi) is 5.33. The van der Waals surface area contributed by atoms with E-state index in [1.165, 1.54) is 29.5 Å². The lowest BCUT2D eigenvalue weighted by Crippen LogP contribution is -2.27. The highest BCUT2D eigenvalue weighted by molar-refractivity contribution is 5.64. The number of nitrogens with zero attached hydrogens (tertiary/aromatic N) is 5. The lowest BCUT2D eigenvalue weighted by atomic mass is 9.92. The molecule has 0 bridgehead atoms. The van der Waals surface area contributed by atoms with E-state index in [-0.39, 0.29) is 5.82 Å². The van der Waals surface area contributed by atoms with Crippen LogP contribution in [-0.2, 0) is 24.2 Å². The van der Waals surface area contributed by atoms with E-state index in [2.05, 4.69) is 46.1 Å². The third-order valence-electron chi connectivity index (χ3n) is 5.83. The third-order valence-corrected chi connectivity index (χ3v) is 5.83. The van der Waals surface area contributed by atoms with E-state index in [4.69, 9.17) is 15.2 Å². The molecule has 2 aromatic heterocycles. The smallest absolute Gasteiger partial charge is 0.263 e. The minimum Gasteiger partial charge on any atom is -0.433 e. The van der Waals surface area contributed by atoms with Crippen molar-refractivity contribution in [2.75, 3.05) is 25.9 Å². The largest absolute Gasteiger partial charge is 0.433 e. The van der Waals surface area contributed by atoms with Gasteiger partial charge in [0.2, 0.25) is 0 Å². The summed E-state index contributed by atoms with van der Waals surface area (Å²) in [6.45, 7) is 5.53. The van der Waals surface area contributed by atoms with Crippen LogP contribution in [0.5, 0.6) is 11.6 Å². The summed E-state index contributed by atoms with van der Waals surface area (Å²) in [6.07, 6.45) is 9.04. The van der Waals surface area contributed by atoms with Gasteiger partial charge in [0.1, 0.15) is 0 Å². The Hall–Kier alpha value is -2.97. The average molecular weight is 421 g/mol. The molecular weight excluding hydrogens is 392 g/mol. The predicted molar refractivity (Wildman–Crippen MR) is 118 cm³/mol. The molecule has 0 atom stereocenters. The van der Waals surface area contributed by atoms with E-state index >= 15 is 0 Å². The molecule has 0 radical (unpaired) electrons. The topological polar surface area (TPSA) is 91.3 Å². The molecule has 1 saturated carbocycles. The SMILES string of the molecule is Cc1cc(-c2cnc(N)c(Oc3cnn(CCOC4CC4)c3)n2)cc2c1CCN(C)C2. The van der Waals surface area contributed by atoms with Gasteiger partial charge in [-0.3, -0.25) is 4.68 Å². The van der Waals surface area contributed by atoms with Crippen molar-refractivity contribution in [3.8, 4) is 22.9 Å². The average Bonchev–Trinajstić information content (AvgIpc) is 3.47. The lowest BCUT2D eigenvalue weighted by Gasteiger charge is -2.27. The third kappa shape index (κ3) is 4.55. The van der Waals surface area contributed by atoms with Crippen LogP contribution in [0, 0.1) is 6.92 Å². The molecule has 31 heavy (non-hydrogen) atoms. The van der Waals surface area contributed by atoms with Crippen LogP contribution in [0.25, 0.3) is 11.3 Å². The number of ether oxygens (including phenoxy) is 2. The molecule has 0 saturated heterocycles. The second kappa shape index (κ2) is 8.28. The van der Waals surface area contributed by atoms with Gasteiger partial charge in [0.15, 0.2) is 11.6 Å². The Bertz CT molecular complexity index is 1090. The second-order valence-electron chi connectivity index (χ2n) is 8.48. The van der Waals surface area contributed by atoms with Gasteiger partial charge >= 0.3 is 0 Å². The lowest BCUT2D eigenvalue weighted by molar-refractivity contribution is 0.109. The van der Waals surface area contributed by atoms with Gasteiger partial charge in [-0.15, -0.1) is 0 Å². The highest BCUT2D eigenvalue weighted by atomic mass is 16.5. The van der Waals surface area contributed by atoms with E-state index in [9.17, 15) is 0 Å². The van der Waals surface area contributed by atoms with Gasteiger partial charge < -0.3 is 20.1 Å². The minimum absolute atomic E-state index is 0.253. The molecule has 2 N–H and O–H groups in total. The van der Waals surface area contributed by atoms with Crippen molar-refractivity contribution in [3.05, 3.63) is 47.4 Å². The van der Waals surface area contributed by atoms with Crippen LogP contribution in [0.2, 0.25) is 0 Å². The molecule has 0 unspecified atom stereocenters. The van der Waals surface area contributed by atoms with Gasteiger partial charge in [0.25, 0.3) is 5.88 Å². The monoisotopic (exact) mass is 420 g/mol. The fraction of sp³-hybridized carbons (Fsp3) is 0.435. The number of likely N-dealkylation sites (N-methyl/N-ethyl adjacent to an activating group) is 1. The van der Waals surface area contributed by atoms with Gasteiger partial charge in [-0.2, -0.15) is 5.10 Å². The molecule has 3 aromatic rings. The van der Waals surface area contributed by atoms with Crippen molar-refractivity contribution in [2.45, 2.75) is 45.4 Å². The van der Waals surface area contributed by atoms with Gasteiger partial charge in [-0.25, -0.2) is 9.97 Å². The molecule has 1 aliphatic heterocycles. The highest BCUT2D eigenvalue weighted by Crippen LogP contribution is 2.31. The zero-order valence-electron chi connectivity index (χ0n) is 18.0. The Morgan fingerprint density at radius 1 is 1.23 bits per heavy atom. The van der Waals surface area contributed by atoms with Crippen LogP contribution in [0.3, 0.4) is 0 Å². The molecule has 8 heteroatoms. The second-order valence-corrected chi connectivity index (χ2v) is 8.48. The first-order valence-corrected chi connectivity index (χ1v) is 10.8. The van der Waals surface area contributed by atoms with Crippen LogP contribution in [0.4, 0.5) is 5.82 Å². The van der Waals surface area contributed by atoms with Crippen LogP contribution in [0.15, 0.2) is 30.7 Å².